The maximum Gasteiger partial charge on any atom is 0.228 e. The summed E-state index contributed by atoms with van der Waals surface area (Å²) in [5.41, 5.74) is 1.48. The number of halogens is 1. The van der Waals surface area contributed by atoms with Gasteiger partial charge in [-0.2, -0.15) is 0 Å². The highest BCUT2D eigenvalue weighted by Gasteiger charge is 2.48. The van der Waals surface area contributed by atoms with E-state index in [9.17, 15) is 9.59 Å². The molecule has 2 aromatic rings. The number of carbonyl (C=O) groups excluding carboxylic acids is 2. The summed E-state index contributed by atoms with van der Waals surface area (Å²) in [4.78, 5) is 24.7. The summed E-state index contributed by atoms with van der Waals surface area (Å²) < 4.78 is 11.0. The average molecular weight is 387 g/mol. The van der Waals surface area contributed by atoms with Gasteiger partial charge < -0.3 is 20.1 Å². The maximum absolute atomic E-state index is 12.4. The van der Waals surface area contributed by atoms with Gasteiger partial charge in [0.05, 0.1) is 11.8 Å². The van der Waals surface area contributed by atoms with E-state index in [4.69, 9.17) is 21.1 Å². The van der Waals surface area contributed by atoms with Crippen molar-refractivity contribution < 1.29 is 19.1 Å². The molecule has 2 aliphatic rings. The average Bonchev–Trinajstić information content (AvgIpc) is 3.48. The van der Waals surface area contributed by atoms with Crippen LogP contribution in [0.2, 0.25) is 5.02 Å². The number of anilines is 1. The molecule has 0 radical (unpaired) electrons. The molecule has 0 spiro atoms. The summed E-state index contributed by atoms with van der Waals surface area (Å²) in [7, 11) is 0. The molecule has 2 amide bonds. The molecule has 2 unspecified atom stereocenters. The minimum Gasteiger partial charge on any atom is -0.486 e. The van der Waals surface area contributed by atoms with E-state index in [1.807, 2.05) is 18.2 Å². The van der Waals surface area contributed by atoms with Crippen molar-refractivity contribution >= 4 is 29.1 Å². The van der Waals surface area contributed by atoms with Gasteiger partial charge >= 0.3 is 0 Å². The number of fused-ring (bicyclic) bond motifs is 1. The zero-order valence-electron chi connectivity index (χ0n) is 14.5. The van der Waals surface area contributed by atoms with Crippen LogP contribution in [0.15, 0.2) is 42.5 Å². The lowest BCUT2D eigenvalue weighted by Gasteiger charge is -2.19. The molecule has 2 aromatic carbocycles. The van der Waals surface area contributed by atoms with E-state index in [-0.39, 0.29) is 23.7 Å². The molecule has 0 saturated heterocycles. The fourth-order valence-electron chi connectivity index (χ4n) is 3.09. The molecule has 1 fully saturated rings. The molecule has 140 valence electrons. The Balaban J connectivity index is 1.30. The lowest BCUT2D eigenvalue weighted by atomic mass is 10.2. The van der Waals surface area contributed by atoms with E-state index in [0.29, 0.717) is 48.4 Å². The van der Waals surface area contributed by atoms with Crippen LogP contribution < -0.4 is 20.1 Å². The predicted octanol–water partition coefficient (Wildman–Crippen LogP) is 3.00. The lowest BCUT2D eigenvalue weighted by molar-refractivity contribution is -0.125. The fourth-order valence-corrected chi connectivity index (χ4v) is 3.29. The zero-order valence-corrected chi connectivity index (χ0v) is 15.3. The van der Waals surface area contributed by atoms with Crippen LogP contribution in [0.25, 0.3) is 0 Å². The van der Waals surface area contributed by atoms with Crippen molar-refractivity contribution in [3.05, 3.63) is 53.1 Å². The van der Waals surface area contributed by atoms with Crippen LogP contribution in [0.1, 0.15) is 12.0 Å². The first-order chi connectivity index (χ1) is 13.1. The number of amides is 2. The number of nitrogens with one attached hydrogen (secondary N) is 2. The van der Waals surface area contributed by atoms with Gasteiger partial charge in [-0.3, -0.25) is 9.59 Å². The highest BCUT2D eigenvalue weighted by atomic mass is 35.5. The molecule has 1 aliphatic heterocycles. The van der Waals surface area contributed by atoms with Crippen molar-refractivity contribution in [2.24, 2.45) is 11.8 Å². The van der Waals surface area contributed by atoms with Gasteiger partial charge in [0.15, 0.2) is 11.5 Å². The van der Waals surface area contributed by atoms with Crippen LogP contribution >= 0.6 is 11.6 Å². The zero-order chi connectivity index (χ0) is 18.8. The van der Waals surface area contributed by atoms with Gasteiger partial charge in [0.2, 0.25) is 11.8 Å². The Morgan fingerprint density at radius 2 is 1.74 bits per heavy atom. The minimum atomic E-state index is -0.315. The van der Waals surface area contributed by atoms with Crippen LogP contribution in [0.3, 0.4) is 0 Å². The van der Waals surface area contributed by atoms with E-state index in [1.54, 1.807) is 24.3 Å². The minimum absolute atomic E-state index is 0.128. The van der Waals surface area contributed by atoms with Crippen LogP contribution in [-0.2, 0) is 16.1 Å². The summed E-state index contributed by atoms with van der Waals surface area (Å²) in [6.07, 6.45) is 0.546. The van der Waals surface area contributed by atoms with Crippen LogP contribution in [0, 0.1) is 11.8 Å². The molecular formula is C20H19ClN2O4. The van der Waals surface area contributed by atoms with Crippen molar-refractivity contribution in [2.75, 3.05) is 18.5 Å². The molecule has 27 heavy (non-hydrogen) atoms. The van der Waals surface area contributed by atoms with Crippen molar-refractivity contribution in [1.29, 1.82) is 0 Å². The summed E-state index contributed by atoms with van der Waals surface area (Å²) in [5.74, 6) is 0.377. The fraction of sp³-hybridized carbons (Fsp3) is 0.300. The first-order valence-electron chi connectivity index (χ1n) is 8.83. The van der Waals surface area contributed by atoms with Gasteiger partial charge in [0, 0.05) is 23.3 Å². The quantitative estimate of drug-likeness (QED) is 0.828. The molecule has 0 aromatic heterocycles. The SMILES string of the molecule is O=C(NCc1ccccc1Cl)C1CC1C(=O)Nc1ccc2c(c1)OCCO2. The van der Waals surface area contributed by atoms with Gasteiger partial charge in [0.1, 0.15) is 13.2 Å². The molecule has 4 rings (SSSR count). The molecule has 7 heteroatoms. The van der Waals surface area contributed by atoms with Gasteiger partial charge in [-0.05, 0) is 30.2 Å². The summed E-state index contributed by atoms with van der Waals surface area (Å²) in [6, 6.07) is 12.6. The van der Waals surface area contributed by atoms with E-state index >= 15 is 0 Å². The van der Waals surface area contributed by atoms with E-state index in [2.05, 4.69) is 10.6 Å². The second kappa shape index (κ2) is 7.48. The molecule has 2 N–H and O–H groups in total. The number of carbonyl (C=O) groups is 2. The summed E-state index contributed by atoms with van der Waals surface area (Å²) in [5, 5.41) is 6.31. The third-order valence-corrected chi connectivity index (χ3v) is 5.05. The first kappa shape index (κ1) is 17.7. The van der Waals surface area contributed by atoms with Crippen molar-refractivity contribution in [3.8, 4) is 11.5 Å². The number of benzene rings is 2. The molecule has 1 saturated carbocycles. The van der Waals surface area contributed by atoms with Crippen molar-refractivity contribution in [3.63, 3.8) is 0 Å². The Morgan fingerprint density at radius 1 is 1.00 bits per heavy atom. The van der Waals surface area contributed by atoms with E-state index in [1.165, 1.54) is 0 Å². The summed E-state index contributed by atoms with van der Waals surface area (Å²) in [6.45, 7) is 1.36. The number of ether oxygens (including phenoxy) is 2. The lowest BCUT2D eigenvalue weighted by Crippen LogP contribution is -2.27. The maximum atomic E-state index is 12.4. The Hall–Kier alpha value is -2.73. The Kier molecular flexibility index (Phi) is 4.90. The molecule has 6 nitrogen and oxygen atoms in total. The van der Waals surface area contributed by atoms with Gasteiger partial charge in [0.25, 0.3) is 0 Å². The predicted molar refractivity (Wildman–Crippen MR) is 101 cm³/mol. The monoisotopic (exact) mass is 386 g/mol. The molecule has 1 heterocycles. The second-order valence-corrected chi connectivity index (χ2v) is 7.01. The topological polar surface area (TPSA) is 76.7 Å². The van der Waals surface area contributed by atoms with Gasteiger partial charge in [-0.15, -0.1) is 0 Å². The summed E-state index contributed by atoms with van der Waals surface area (Å²) >= 11 is 6.09. The number of hydrogen-bond acceptors (Lipinski definition) is 4. The Bertz CT molecular complexity index is 886. The number of rotatable bonds is 5. The van der Waals surface area contributed by atoms with Crippen LogP contribution in [0.5, 0.6) is 11.5 Å². The van der Waals surface area contributed by atoms with Gasteiger partial charge in [-0.1, -0.05) is 29.8 Å². The van der Waals surface area contributed by atoms with Crippen LogP contribution in [-0.4, -0.2) is 25.0 Å². The van der Waals surface area contributed by atoms with Crippen LogP contribution in [0.4, 0.5) is 5.69 Å². The second-order valence-electron chi connectivity index (χ2n) is 6.61. The smallest absolute Gasteiger partial charge is 0.228 e. The van der Waals surface area contributed by atoms with Gasteiger partial charge in [-0.25, -0.2) is 0 Å². The standard InChI is InChI=1S/C20H19ClN2O4/c21-16-4-2-1-3-12(16)11-22-19(24)14-10-15(14)20(25)23-13-5-6-17-18(9-13)27-8-7-26-17/h1-6,9,14-15H,7-8,10-11H2,(H,22,24)(H,23,25). The molecule has 1 aliphatic carbocycles. The van der Waals surface area contributed by atoms with Crippen molar-refractivity contribution in [2.45, 2.75) is 13.0 Å². The van der Waals surface area contributed by atoms with Crippen molar-refractivity contribution in [1.82, 2.24) is 5.32 Å². The Morgan fingerprint density at radius 3 is 2.56 bits per heavy atom. The first-order valence-corrected chi connectivity index (χ1v) is 9.21. The normalized spacial score (nSPS) is 19.9. The van der Waals surface area contributed by atoms with E-state index < -0.39 is 0 Å². The molecule has 0 bridgehead atoms. The number of hydrogen-bond donors (Lipinski definition) is 2. The third kappa shape index (κ3) is 4.01. The third-order valence-electron chi connectivity index (χ3n) is 4.68. The molecular weight excluding hydrogens is 368 g/mol. The Labute approximate surface area is 161 Å². The largest absolute Gasteiger partial charge is 0.486 e. The van der Waals surface area contributed by atoms with E-state index in [0.717, 1.165) is 5.56 Å². The highest BCUT2D eigenvalue weighted by molar-refractivity contribution is 6.31. The highest BCUT2D eigenvalue weighted by Crippen LogP contribution is 2.40. The molecule has 2 atom stereocenters.